The van der Waals surface area contributed by atoms with E-state index in [2.05, 4.69) is 5.32 Å². The minimum Gasteiger partial charge on any atom is -0.484 e. The predicted octanol–water partition coefficient (Wildman–Crippen LogP) is 1.31. The van der Waals surface area contributed by atoms with Crippen molar-refractivity contribution in [3.8, 4) is 11.8 Å². The van der Waals surface area contributed by atoms with Crippen molar-refractivity contribution in [3.63, 3.8) is 0 Å². The summed E-state index contributed by atoms with van der Waals surface area (Å²) in [4.78, 5) is 22.6. The molecule has 1 aliphatic carbocycles. The zero-order chi connectivity index (χ0) is 15.2. The summed E-state index contributed by atoms with van der Waals surface area (Å²) < 4.78 is 5.31. The van der Waals surface area contributed by atoms with Gasteiger partial charge in [0.15, 0.2) is 6.61 Å². The molecule has 1 aromatic carbocycles. The zero-order valence-corrected chi connectivity index (χ0v) is 11.4. The highest BCUT2D eigenvalue weighted by atomic mass is 16.5. The van der Waals surface area contributed by atoms with Crippen LogP contribution >= 0.6 is 0 Å². The van der Waals surface area contributed by atoms with E-state index in [-0.39, 0.29) is 24.5 Å². The number of nitrogens with one attached hydrogen (secondary N) is 1. The van der Waals surface area contributed by atoms with Gasteiger partial charge < -0.3 is 15.2 Å². The number of benzene rings is 1. The molecule has 6 nitrogen and oxygen atoms in total. The molecule has 1 saturated carbocycles. The number of hydrogen-bond acceptors (Lipinski definition) is 4. The molecule has 0 aliphatic heterocycles. The Morgan fingerprint density at radius 3 is 2.62 bits per heavy atom. The molecule has 1 aromatic rings. The molecule has 0 radical (unpaired) electrons. The summed E-state index contributed by atoms with van der Waals surface area (Å²) in [5.41, 5.74) is 0.525. The second kappa shape index (κ2) is 6.75. The van der Waals surface area contributed by atoms with Gasteiger partial charge >= 0.3 is 5.97 Å². The molecule has 0 spiro atoms. The van der Waals surface area contributed by atoms with Crippen molar-refractivity contribution >= 4 is 11.9 Å². The average molecular weight is 288 g/mol. The highest BCUT2D eigenvalue weighted by molar-refractivity contribution is 5.78. The molecule has 6 heteroatoms. The molecule has 0 saturated heterocycles. The molecule has 2 rings (SSSR count). The Morgan fingerprint density at radius 2 is 2.05 bits per heavy atom. The summed E-state index contributed by atoms with van der Waals surface area (Å²) in [6.07, 6.45) is 1.74. The summed E-state index contributed by atoms with van der Waals surface area (Å²) in [5.74, 6) is -0.926. The van der Waals surface area contributed by atoms with Gasteiger partial charge in [0.05, 0.1) is 17.6 Å². The van der Waals surface area contributed by atoms with Crippen molar-refractivity contribution in [2.24, 2.45) is 5.92 Å². The maximum absolute atomic E-state index is 11.7. The van der Waals surface area contributed by atoms with Crippen LogP contribution in [0.15, 0.2) is 24.3 Å². The number of carboxylic acids is 1. The van der Waals surface area contributed by atoms with Crippen LogP contribution in [0.2, 0.25) is 0 Å². The van der Waals surface area contributed by atoms with E-state index < -0.39 is 5.97 Å². The Labute approximate surface area is 122 Å². The fraction of sp³-hybridized carbons (Fsp3) is 0.400. The minimum atomic E-state index is -0.805. The number of nitriles is 1. The van der Waals surface area contributed by atoms with Gasteiger partial charge in [-0.3, -0.25) is 9.59 Å². The van der Waals surface area contributed by atoms with Crippen LogP contribution in [0.3, 0.4) is 0 Å². The Kier molecular flexibility index (Phi) is 4.77. The van der Waals surface area contributed by atoms with Crippen LogP contribution in [0.1, 0.15) is 24.8 Å². The van der Waals surface area contributed by atoms with Crippen LogP contribution in [-0.4, -0.2) is 29.6 Å². The van der Waals surface area contributed by atoms with Crippen LogP contribution in [-0.2, 0) is 9.59 Å². The number of ether oxygens (including phenoxy) is 1. The lowest BCUT2D eigenvalue weighted by molar-refractivity contribution is -0.141. The van der Waals surface area contributed by atoms with Crippen molar-refractivity contribution in [1.29, 1.82) is 5.26 Å². The van der Waals surface area contributed by atoms with Crippen LogP contribution in [0.4, 0.5) is 0 Å². The minimum absolute atomic E-state index is 0.0943. The Hall–Kier alpha value is -2.55. The van der Waals surface area contributed by atoms with Crippen molar-refractivity contribution in [2.45, 2.75) is 25.3 Å². The van der Waals surface area contributed by atoms with E-state index in [1.54, 1.807) is 24.3 Å². The highest BCUT2D eigenvalue weighted by Gasteiger charge is 2.30. The van der Waals surface area contributed by atoms with E-state index in [0.29, 0.717) is 30.6 Å². The third-order valence-electron chi connectivity index (χ3n) is 3.50. The van der Waals surface area contributed by atoms with E-state index in [4.69, 9.17) is 15.1 Å². The van der Waals surface area contributed by atoms with Gasteiger partial charge in [-0.15, -0.1) is 0 Å². The van der Waals surface area contributed by atoms with Crippen molar-refractivity contribution in [1.82, 2.24) is 5.32 Å². The zero-order valence-electron chi connectivity index (χ0n) is 11.4. The van der Waals surface area contributed by atoms with E-state index in [1.807, 2.05) is 6.07 Å². The maximum atomic E-state index is 11.7. The predicted molar refractivity (Wildman–Crippen MR) is 73.6 cm³/mol. The first-order valence-electron chi connectivity index (χ1n) is 6.73. The normalized spacial score (nSPS) is 20.5. The number of carboxylic acid groups (broad SMARTS) is 1. The fourth-order valence-corrected chi connectivity index (χ4v) is 2.38. The number of rotatable bonds is 5. The van der Waals surface area contributed by atoms with Gasteiger partial charge in [0, 0.05) is 6.04 Å². The Bertz CT molecular complexity index is 562. The third kappa shape index (κ3) is 4.21. The number of carbonyl (C=O) groups is 2. The lowest BCUT2D eigenvalue weighted by Crippen LogP contribution is -2.36. The summed E-state index contributed by atoms with van der Waals surface area (Å²) in [7, 11) is 0. The van der Waals surface area contributed by atoms with Crippen molar-refractivity contribution in [3.05, 3.63) is 29.8 Å². The van der Waals surface area contributed by atoms with Crippen LogP contribution in [0.5, 0.6) is 5.75 Å². The smallest absolute Gasteiger partial charge is 0.306 e. The first kappa shape index (κ1) is 14.9. The molecule has 110 valence electrons. The number of hydrogen-bond donors (Lipinski definition) is 2. The number of nitrogens with zero attached hydrogens (tertiary/aromatic N) is 1. The van der Waals surface area contributed by atoms with Crippen LogP contribution in [0, 0.1) is 17.2 Å². The highest BCUT2D eigenvalue weighted by Crippen LogP contribution is 2.25. The van der Waals surface area contributed by atoms with Crippen LogP contribution in [0.25, 0.3) is 0 Å². The first-order chi connectivity index (χ1) is 10.1. The molecule has 1 amide bonds. The first-order valence-corrected chi connectivity index (χ1v) is 6.73. The van der Waals surface area contributed by atoms with Gasteiger partial charge in [-0.25, -0.2) is 0 Å². The van der Waals surface area contributed by atoms with Crippen LogP contribution < -0.4 is 10.1 Å². The molecule has 2 unspecified atom stereocenters. The monoisotopic (exact) mass is 288 g/mol. The standard InChI is InChI=1S/C15H16N2O4/c16-8-10-1-5-13(6-2-10)21-9-14(18)17-12-4-3-11(7-12)15(19)20/h1-2,5-6,11-12H,3-4,7,9H2,(H,17,18)(H,19,20). The van der Waals surface area contributed by atoms with E-state index in [0.717, 1.165) is 0 Å². The summed E-state index contributed by atoms with van der Waals surface area (Å²) in [5, 5.41) is 20.3. The average Bonchev–Trinajstić information content (AvgIpc) is 2.94. The van der Waals surface area contributed by atoms with Gasteiger partial charge in [-0.05, 0) is 43.5 Å². The SMILES string of the molecule is N#Cc1ccc(OCC(=O)NC2CCC(C(=O)O)C2)cc1. The number of carbonyl (C=O) groups excluding carboxylic acids is 1. The summed E-state index contributed by atoms with van der Waals surface area (Å²) in [6, 6.07) is 8.38. The molecule has 0 aromatic heterocycles. The molecule has 1 aliphatic rings. The van der Waals surface area contributed by atoms with E-state index in [1.165, 1.54) is 0 Å². The van der Waals surface area contributed by atoms with Crippen molar-refractivity contribution < 1.29 is 19.4 Å². The molecule has 21 heavy (non-hydrogen) atoms. The van der Waals surface area contributed by atoms with Gasteiger partial charge in [-0.1, -0.05) is 0 Å². The number of aliphatic carboxylic acids is 1. The molecule has 1 fully saturated rings. The lowest BCUT2D eigenvalue weighted by atomic mass is 10.1. The summed E-state index contributed by atoms with van der Waals surface area (Å²) in [6.45, 7) is -0.125. The quantitative estimate of drug-likeness (QED) is 0.851. The lowest BCUT2D eigenvalue weighted by Gasteiger charge is -2.13. The summed E-state index contributed by atoms with van der Waals surface area (Å²) >= 11 is 0. The molecule has 0 heterocycles. The van der Waals surface area contributed by atoms with E-state index in [9.17, 15) is 9.59 Å². The van der Waals surface area contributed by atoms with Gasteiger partial charge in [-0.2, -0.15) is 5.26 Å². The van der Waals surface area contributed by atoms with Gasteiger partial charge in [0.1, 0.15) is 5.75 Å². The second-order valence-corrected chi connectivity index (χ2v) is 5.04. The third-order valence-corrected chi connectivity index (χ3v) is 3.50. The largest absolute Gasteiger partial charge is 0.484 e. The Balaban J connectivity index is 1.75. The topological polar surface area (TPSA) is 99.4 Å². The molecule has 2 atom stereocenters. The van der Waals surface area contributed by atoms with Gasteiger partial charge in [0.2, 0.25) is 0 Å². The second-order valence-electron chi connectivity index (χ2n) is 5.04. The molecule has 2 N–H and O–H groups in total. The maximum Gasteiger partial charge on any atom is 0.306 e. The fourth-order valence-electron chi connectivity index (χ4n) is 2.38. The van der Waals surface area contributed by atoms with Crippen molar-refractivity contribution in [2.75, 3.05) is 6.61 Å². The van der Waals surface area contributed by atoms with Gasteiger partial charge in [0.25, 0.3) is 5.91 Å². The molecular weight excluding hydrogens is 272 g/mol. The molecule has 0 bridgehead atoms. The number of amides is 1. The Morgan fingerprint density at radius 1 is 1.33 bits per heavy atom. The van der Waals surface area contributed by atoms with E-state index >= 15 is 0 Å². The molecular formula is C15H16N2O4.